The lowest BCUT2D eigenvalue weighted by atomic mass is 9.94. The molecule has 0 spiro atoms. The quantitative estimate of drug-likeness (QED) is 0.673. The fourth-order valence-electron chi connectivity index (χ4n) is 3.56. The van der Waals surface area contributed by atoms with Gasteiger partial charge in [0.25, 0.3) is 0 Å². The molecule has 2 rings (SSSR count). The molecule has 1 atom stereocenters. The predicted molar refractivity (Wildman–Crippen MR) is 112 cm³/mol. The molecule has 1 amide bonds. The third kappa shape index (κ3) is 6.38. The van der Waals surface area contributed by atoms with Gasteiger partial charge in [-0.05, 0) is 83.4 Å². The average Bonchev–Trinajstić information content (AvgIpc) is 2.64. The number of benzene rings is 1. The Labute approximate surface area is 169 Å². The van der Waals surface area contributed by atoms with Crippen LogP contribution in [0.2, 0.25) is 0 Å². The van der Waals surface area contributed by atoms with E-state index in [-0.39, 0.29) is 5.91 Å². The Kier molecular flexibility index (Phi) is 8.12. The van der Waals surface area contributed by atoms with Gasteiger partial charge in [-0.25, -0.2) is 8.42 Å². The summed E-state index contributed by atoms with van der Waals surface area (Å²) < 4.78 is 31.3. The molecule has 1 aliphatic rings. The van der Waals surface area contributed by atoms with Crippen molar-refractivity contribution in [3.63, 3.8) is 0 Å². The topological polar surface area (TPSA) is 79.0 Å². The monoisotopic (exact) mass is 411 g/mol. The lowest BCUT2D eigenvalue weighted by Crippen LogP contribution is -2.48. The van der Waals surface area contributed by atoms with Crippen molar-refractivity contribution in [1.82, 2.24) is 10.2 Å². The molecule has 1 aliphatic heterocycles. The molecular weight excluding hydrogens is 378 g/mol. The zero-order valence-electron chi connectivity index (χ0n) is 17.3. The highest BCUT2D eigenvalue weighted by atomic mass is 32.2. The van der Waals surface area contributed by atoms with E-state index in [4.69, 9.17) is 4.74 Å². The zero-order chi connectivity index (χ0) is 20.7. The van der Waals surface area contributed by atoms with E-state index in [2.05, 4.69) is 17.3 Å². The molecule has 7 nitrogen and oxygen atoms in total. The van der Waals surface area contributed by atoms with Crippen LogP contribution in [-0.2, 0) is 14.8 Å². The number of sulfonamides is 1. The molecule has 8 heteroatoms. The third-order valence-corrected chi connectivity index (χ3v) is 6.42. The summed E-state index contributed by atoms with van der Waals surface area (Å²) in [6.07, 6.45) is 4.33. The highest BCUT2D eigenvalue weighted by Gasteiger charge is 2.29. The van der Waals surface area contributed by atoms with Gasteiger partial charge in [-0.1, -0.05) is 0 Å². The number of nitrogens with zero attached hydrogens (tertiary/aromatic N) is 2. The molecule has 1 heterocycles. The van der Waals surface area contributed by atoms with Crippen molar-refractivity contribution in [2.24, 2.45) is 5.92 Å². The van der Waals surface area contributed by atoms with Crippen molar-refractivity contribution >= 4 is 21.6 Å². The lowest BCUT2D eigenvalue weighted by molar-refractivity contribution is -0.121. The first-order valence-corrected chi connectivity index (χ1v) is 11.8. The molecule has 0 saturated carbocycles. The summed E-state index contributed by atoms with van der Waals surface area (Å²) in [6.45, 7) is 6.78. The van der Waals surface area contributed by atoms with Gasteiger partial charge in [-0.15, -0.1) is 0 Å². The second kappa shape index (κ2) is 10.1. The van der Waals surface area contributed by atoms with E-state index in [1.807, 2.05) is 6.92 Å². The minimum atomic E-state index is -3.61. The minimum Gasteiger partial charge on any atom is -0.494 e. The van der Waals surface area contributed by atoms with Crippen molar-refractivity contribution in [2.75, 3.05) is 43.8 Å². The highest BCUT2D eigenvalue weighted by Crippen LogP contribution is 2.24. The van der Waals surface area contributed by atoms with E-state index in [1.165, 1.54) is 0 Å². The normalized spacial score (nSPS) is 17.1. The van der Waals surface area contributed by atoms with E-state index in [1.54, 1.807) is 31.2 Å². The van der Waals surface area contributed by atoms with Gasteiger partial charge >= 0.3 is 0 Å². The van der Waals surface area contributed by atoms with Crippen molar-refractivity contribution in [1.29, 1.82) is 0 Å². The molecule has 0 aromatic heterocycles. The van der Waals surface area contributed by atoms with Crippen LogP contribution in [0.5, 0.6) is 5.75 Å². The van der Waals surface area contributed by atoms with Crippen LogP contribution in [0.25, 0.3) is 0 Å². The summed E-state index contributed by atoms with van der Waals surface area (Å²) in [4.78, 5) is 14.9. The molecule has 0 unspecified atom stereocenters. The number of carbonyl (C=O) groups is 1. The molecule has 158 valence electrons. The van der Waals surface area contributed by atoms with Gasteiger partial charge in [-0.3, -0.25) is 9.10 Å². The van der Waals surface area contributed by atoms with E-state index in [9.17, 15) is 13.2 Å². The number of hydrogen-bond donors (Lipinski definition) is 1. The standard InChI is InChI=1S/C20H33N3O4S/c1-5-27-19-8-6-18(7-9-19)23(28(4,25)26)16(2)20(24)21-13-10-17-11-14-22(3)15-12-17/h6-9,16-17H,5,10-15H2,1-4H3,(H,21,24)/t16-/m1/s1. The smallest absolute Gasteiger partial charge is 0.243 e. The van der Waals surface area contributed by atoms with Crippen LogP contribution in [0.1, 0.15) is 33.1 Å². The number of ether oxygens (including phenoxy) is 1. The van der Waals surface area contributed by atoms with Gasteiger partial charge in [-0.2, -0.15) is 0 Å². The molecule has 28 heavy (non-hydrogen) atoms. The van der Waals surface area contributed by atoms with Crippen LogP contribution in [0.15, 0.2) is 24.3 Å². The summed E-state index contributed by atoms with van der Waals surface area (Å²) in [7, 11) is -1.49. The van der Waals surface area contributed by atoms with E-state index in [0.29, 0.717) is 30.5 Å². The largest absolute Gasteiger partial charge is 0.494 e. The SMILES string of the molecule is CCOc1ccc(N([C@H](C)C(=O)NCCC2CCN(C)CC2)S(C)(=O)=O)cc1. The maximum Gasteiger partial charge on any atom is 0.243 e. The maximum atomic E-state index is 12.6. The Morgan fingerprint density at radius 3 is 2.43 bits per heavy atom. The summed E-state index contributed by atoms with van der Waals surface area (Å²) >= 11 is 0. The summed E-state index contributed by atoms with van der Waals surface area (Å²) in [5.74, 6) is 0.992. The highest BCUT2D eigenvalue weighted by molar-refractivity contribution is 7.92. The Bertz CT molecular complexity index is 728. The van der Waals surface area contributed by atoms with Crippen molar-refractivity contribution in [3.8, 4) is 5.75 Å². The van der Waals surface area contributed by atoms with Crippen LogP contribution in [0.4, 0.5) is 5.69 Å². The van der Waals surface area contributed by atoms with E-state index >= 15 is 0 Å². The van der Waals surface area contributed by atoms with Crippen molar-refractivity contribution in [2.45, 2.75) is 39.2 Å². The third-order valence-electron chi connectivity index (χ3n) is 5.18. The fraction of sp³-hybridized carbons (Fsp3) is 0.650. The number of rotatable bonds is 9. The summed E-state index contributed by atoms with van der Waals surface area (Å²) in [5.41, 5.74) is 0.448. The number of amides is 1. The Hall–Kier alpha value is -1.80. The molecule has 1 N–H and O–H groups in total. The Balaban J connectivity index is 1.98. The lowest BCUT2D eigenvalue weighted by Gasteiger charge is -2.30. The van der Waals surface area contributed by atoms with Crippen molar-refractivity contribution < 1.29 is 17.9 Å². The summed E-state index contributed by atoms with van der Waals surface area (Å²) in [6, 6.07) is 5.91. The van der Waals surface area contributed by atoms with Crippen molar-refractivity contribution in [3.05, 3.63) is 24.3 Å². The fourth-order valence-corrected chi connectivity index (χ4v) is 4.74. The number of hydrogen-bond acceptors (Lipinski definition) is 5. The average molecular weight is 412 g/mol. The zero-order valence-corrected chi connectivity index (χ0v) is 18.2. The van der Waals surface area contributed by atoms with Crippen LogP contribution in [0.3, 0.4) is 0 Å². The molecule has 0 aliphatic carbocycles. The number of piperidine rings is 1. The first-order chi connectivity index (χ1) is 13.2. The molecule has 1 aromatic rings. The first kappa shape index (κ1) is 22.5. The van der Waals surface area contributed by atoms with E-state index < -0.39 is 16.1 Å². The Morgan fingerprint density at radius 2 is 1.89 bits per heavy atom. The van der Waals surface area contributed by atoms with Gasteiger partial charge in [0, 0.05) is 6.54 Å². The van der Waals surface area contributed by atoms with Crippen LogP contribution < -0.4 is 14.4 Å². The van der Waals surface area contributed by atoms with Gasteiger partial charge in [0.1, 0.15) is 11.8 Å². The second-order valence-electron chi connectivity index (χ2n) is 7.49. The molecule has 1 fully saturated rings. The van der Waals surface area contributed by atoms with Gasteiger partial charge in [0.15, 0.2) is 0 Å². The van der Waals surface area contributed by atoms with Gasteiger partial charge in [0.2, 0.25) is 15.9 Å². The van der Waals surface area contributed by atoms with Crippen LogP contribution >= 0.6 is 0 Å². The second-order valence-corrected chi connectivity index (χ2v) is 9.35. The molecule has 1 saturated heterocycles. The molecule has 0 bridgehead atoms. The molecular formula is C20H33N3O4S. The van der Waals surface area contributed by atoms with Crippen LogP contribution in [0, 0.1) is 5.92 Å². The number of anilines is 1. The predicted octanol–water partition coefficient (Wildman–Crippen LogP) is 2.09. The molecule has 1 aromatic carbocycles. The van der Waals surface area contributed by atoms with Crippen LogP contribution in [-0.4, -0.2) is 64.8 Å². The number of nitrogens with one attached hydrogen (secondary N) is 1. The minimum absolute atomic E-state index is 0.285. The Morgan fingerprint density at radius 1 is 1.29 bits per heavy atom. The maximum absolute atomic E-state index is 12.6. The van der Waals surface area contributed by atoms with Gasteiger partial charge < -0.3 is 15.0 Å². The van der Waals surface area contributed by atoms with Gasteiger partial charge in [0.05, 0.1) is 18.6 Å². The summed E-state index contributed by atoms with van der Waals surface area (Å²) in [5, 5.41) is 2.91. The number of likely N-dealkylation sites (tertiary alicyclic amines) is 1. The van der Waals surface area contributed by atoms with E-state index in [0.717, 1.165) is 42.9 Å². The number of carbonyl (C=O) groups excluding carboxylic acids is 1. The molecule has 0 radical (unpaired) electrons. The first-order valence-electron chi connectivity index (χ1n) is 9.91.